The molecule has 21 heavy (non-hydrogen) atoms. The van der Waals surface area contributed by atoms with Gasteiger partial charge in [0.05, 0.1) is 0 Å². The van der Waals surface area contributed by atoms with Crippen LogP contribution in [0.2, 0.25) is 0 Å². The summed E-state index contributed by atoms with van der Waals surface area (Å²) in [4.78, 5) is 18.6. The van der Waals surface area contributed by atoms with Gasteiger partial charge in [-0.1, -0.05) is 25.5 Å². The maximum Gasteiger partial charge on any atom is 0.273 e. The number of aromatic nitrogens is 1. The molecule has 2 aromatic rings. The maximum absolute atomic E-state index is 13.8. The smallest absolute Gasteiger partial charge is 0.273 e. The van der Waals surface area contributed by atoms with Crippen molar-refractivity contribution in [3.8, 4) is 10.6 Å². The van der Waals surface area contributed by atoms with Gasteiger partial charge >= 0.3 is 0 Å². The third-order valence-corrected chi connectivity index (χ3v) is 4.85. The summed E-state index contributed by atoms with van der Waals surface area (Å²) in [6, 6.07) is 6.51. The molecular weight excluding hydrogens is 287 g/mol. The van der Waals surface area contributed by atoms with Crippen LogP contribution in [0, 0.1) is 11.7 Å². The molecule has 110 valence electrons. The Hall–Kier alpha value is -1.75. The number of carbonyl (C=O) groups excluding carboxylic acids is 1. The lowest BCUT2D eigenvalue weighted by molar-refractivity contribution is 0.0782. The SMILES string of the molecule is CC[C@@H]1CCN(C(=O)c2csc(-c3ccccc3F)n2)C1. The summed E-state index contributed by atoms with van der Waals surface area (Å²) < 4.78 is 13.8. The summed E-state index contributed by atoms with van der Waals surface area (Å²) in [5.41, 5.74) is 0.879. The van der Waals surface area contributed by atoms with Gasteiger partial charge in [0.2, 0.25) is 0 Å². The predicted octanol–water partition coefficient (Wildman–Crippen LogP) is 3.82. The van der Waals surface area contributed by atoms with E-state index in [0.29, 0.717) is 22.2 Å². The Labute approximate surface area is 127 Å². The molecule has 1 aliphatic rings. The van der Waals surface area contributed by atoms with Gasteiger partial charge in [-0.3, -0.25) is 4.79 Å². The van der Waals surface area contributed by atoms with Crippen molar-refractivity contribution in [2.45, 2.75) is 19.8 Å². The maximum atomic E-state index is 13.8. The van der Waals surface area contributed by atoms with Crippen LogP contribution >= 0.6 is 11.3 Å². The average molecular weight is 304 g/mol. The molecular formula is C16H17FN2OS. The first-order valence-electron chi connectivity index (χ1n) is 7.18. The monoisotopic (exact) mass is 304 g/mol. The van der Waals surface area contributed by atoms with E-state index in [2.05, 4.69) is 11.9 Å². The van der Waals surface area contributed by atoms with Crippen LogP contribution in [0.5, 0.6) is 0 Å². The summed E-state index contributed by atoms with van der Waals surface area (Å²) >= 11 is 1.31. The van der Waals surface area contributed by atoms with E-state index in [0.717, 1.165) is 25.9 Å². The van der Waals surface area contributed by atoms with E-state index in [1.165, 1.54) is 17.4 Å². The van der Waals surface area contributed by atoms with Crippen molar-refractivity contribution in [2.75, 3.05) is 13.1 Å². The van der Waals surface area contributed by atoms with Gasteiger partial charge in [-0.2, -0.15) is 0 Å². The Morgan fingerprint density at radius 3 is 3.00 bits per heavy atom. The second kappa shape index (κ2) is 5.93. The first-order valence-corrected chi connectivity index (χ1v) is 8.06. The highest BCUT2D eigenvalue weighted by Gasteiger charge is 2.27. The van der Waals surface area contributed by atoms with Crippen LogP contribution in [0.4, 0.5) is 4.39 Å². The number of halogens is 1. The largest absolute Gasteiger partial charge is 0.337 e. The number of amides is 1. The number of hydrogen-bond acceptors (Lipinski definition) is 3. The Kier molecular flexibility index (Phi) is 4.01. The topological polar surface area (TPSA) is 33.2 Å². The minimum absolute atomic E-state index is 0.0372. The molecule has 1 atom stereocenters. The minimum atomic E-state index is -0.307. The summed E-state index contributed by atoms with van der Waals surface area (Å²) in [5.74, 6) is 0.251. The van der Waals surface area contributed by atoms with Crippen molar-refractivity contribution < 1.29 is 9.18 Å². The van der Waals surface area contributed by atoms with Crippen LogP contribution in [-0.2, 0) is 0 Å². The first kappa shape index (κ1) is 14.2. The van der Waals surface area contributed by atoms with Crippen LogP contribution in [0.25, 0.3) is 10.6 Å². The number of rotatable bonds is 3. The normalized spacial score (nSPS) is 18.2. The fourth-order valence-electron chi connectivity index (χ4n) is 2.64. The molecule has 0 spiro atoms. The highest BCUT2D eigenvalue weighted by Crippen LogP contribution is 2.27. The quantitative estimate of drug-likeness (QED) is 0.863. The van der Waals surface area contributed by atoms with E-state index in [4.69, 9.17) is 0 Å². The molecule has 1 saturated heterocycles. The van der Waals surface area contributed by atoms with Crippen LogP contribution < -0.4 is 0 Å². The molecule has 0 N–H and O–H groups in total. The molecule has 1 aromatic heterocycles. The molecule has 0 saturated carbocycles. The van der Waals surface area contributed by atoms with E-state index in [-0.39, 0.29) is 11.7 Å². The van der Waals surface area contributed by atoms with Crippen LogP contribution in [0.1, 0.15) is 30.3 Å². The first-order chi connectivity index (χ1) is 10.2. The number of thiazole rings is 1. The third kappa shape index (κ3) is 2.83. The van der Waals surface area contributed by atoms with Gasteiger partial charge in [-0.15, -0.1) is 11.3 Å². The number of carbonyl (C=O) groups is 1. The summed E-state index contributed by atoms with van der Waals surface area (Å²) in [6.07, 6.45) is 2.16. The fourth-order valence-corrected chi connectivity index (χ4v) is 3.46. The molecule has 1 amide bonds. The zero-order chi connectivity index (χ0) is 14.8. The zero-order valence-electron chi connectivity index (χ0n) is 11.9. The second-order valence-corrected chi connectivity index (χ2v) is 6.19. The van der Waals surface area contributed by atoms with Gasteiger partial charge in [0.25, 0.3) is 5.91 Å². The molecule has 0 unspecified atom stereocenters. The second-order valence-electron chi connectivity index (χ2n) is 5.33. The molecule has 0 bridgehead atoms. The van der Waals surface area contributed by atoms with E-state index in [1.54, 1.807) is 23.6 Å². The fraction of sp³-hybridized carbons (Fsp3) is 0.375. The van der Waals surface area contributed by atoms with E-state index >= 15 is 0 Å². The Balaban J connectivity index is 1.79. The number of nitrogens with zero attached hydrogens (tertiary/aromatic N) is 2. The Bertz CT molecular complexity index is 655. The lowest BCUT2D eigenvalue weighted by Gasteiger charge is -2.14. The van der Waals surface area contributed by atoms with Gasteiger partial charge in [-0.05, 0) is 24.5 Å². The van der Waals surface area contributed by atoms with Crippen molar-refractivity contribution in [2.24, 2.45) is 5.92 Å². The van der Waals surface area contributed by atoms with Crippen molar-refractivity contribution in [1.82, 2.24) is 9.88 Å². The average Bonchev–Trinajstić information content (AvgIpc) is 3.16. The standard InChI is InChI=1S/C16H17FN2OS/c1-2-11-7-8-19(9-11)16(20)14-10-21-15(18-14)12-5-3-4-6-13(12)17/h3-6,10-11H,2,7-9H2,1H3/t11-/m1/s1. The molecule has 1 aliphatic heterocycles. The van der Waals surface area contributed by atoms with Crippen LogP contribution in [-0.4, -0.2) is 28.9 Å². The van der Waals surface area contributed by atoms with Crippen LogP contribution in [0.3, 0.4) is 0 Å². The van der Waals surface area contributed by atoms with Gasteiger partial charge < -0.3 is 4.90 Å². The predicted molar refractivity (Wildman–Crippen MR) is 81.8 cm³/mol. The van der Waals surface area contributed by atoms with E-state index in [9.17, 15) is 9.18 Å². The number of likely N-dealkylation sites (tertiary alicyclic amines) is 1. The molecule has 2 heterocycles. The van der Waals surface area contributed by atoms with Gasteiger partial charge in [-0.25, -0.2) is 9.37 Å². The van der Waals surface area contributed by atoms with Crippen molar-refractivity contribution >= 4 is 17.2 Å². The van der Waals surface area contributed by atoms with Crippen molar-refractivity contribution in [3.05, 3.63) is 41.2 Å². The molecule has 0 radical (unpaired) electrons. The molecule has 1 fully saturated rings. The summed E-state index contributed by atoms with van der Waals surface area (Å²) in [5, 5.41) is 2.28. The summed E-state index contributed by atoms with van der Waals surface area (Å²) in [7, 11) is 0. The summed E-state index contributed by atoms with van der Waals surface area (Å²) in [6.45, 7) is 3.75. The van der Waals surface area contributed by atoms with Crippen molar-refractivity contribution in [3.63, 3.8) is 0 Å². The highest BCUT2D eigenvalue weighted by molar-refractivity contribution is 7.13. The van der Waals surface area contributed by atoms with Gasteiger partial charge in [0, 0.05) is 24.0 Å². The molecule has 5 heteroatoms. The number of benzene rings is 1. The molecule has 3 rings (SSSR count). The number of hydrogen-bond donors (Lipinski definition) is 0. The zero-order valence-corrected chi connectivity index (χ0v) is 12.7. The van der Waals surface area contributed by atoms with Gasteiger partial charge in [0.15, 0.2) is 0 Å². The lowest BCUT2D eigenvalue weighted by Crippen LogP contribution is -2.28. The Morgan fingerprint density at radius 2 is 2.29 bits per heavy atom. The molecule has 0 aliphatic carbocycles. The van der Waals surface area contributed by atoms with E-state index < -0.39 is 0 Å². The van der Waals surface area contributed by atoms with E-state index in [1.807, 2.05) is 4.90 Å². The minimum Gasteiger partial charge on any atom is -0.337 e. The van der Waals surface area contributed by atoms with Crippen LogP contribution in [0.15, 0.2) is 29.6 Å². The van der Waals surface area contributed by atoms with Crippen molar-refractivity contribution in [1.29, 1.82) is 0 Å². The third-order valence-electron chi connectivity index (χ3n) is 3.98. The Morgan fingerprint density at radius 1 is 1.48 bits per heavy atom. The molecule has 1 aromatic carbocycles. The highest BCUT2D eigenvalue weighted by atomic mass is 32.1. The van der Waals surface area contributed by atoms with Gasteiger partial charge in [0.1, 0.15) is 16.5 Å². The molecule has 3 nitrogen and oxygen atoms in total. The lowest BCUT2D eigenvalue weighted by atomic mass is 10.1.